The highest BCUT2D eigenvalue weighted by Crippen LogP contribution is 2.41. The van der Waals surface area contributed by atoms with Gasteiger partial charge in [-0.2, -0.15) is 5.26 Å². The third-order valence-electron chi connectivity index (χ3n) is 5.11. The maximum absolute atomic E-state index is 14.6. The van der Waals surface area contributed by atoms with Gasteiger partial charge in [0.1, 0.15) is 11.7 Å². The molecular weight excluding hydrogens is 469 g/mol. The summed E-state index contributed by atoms with van der Waals surface area (Å²) in [5, 5.41) is 15.6. The first-order valence-electron chi connectivity index (χ1n) is 9.73. The molecule has 0 radical (unpaired) electrons. The highest BCUT2D eigenvalue weighted by atomic mass is 35.5. The van der Waals surface area contributed by atoms with Crippen LogP contribution in [0.5, 0.6) is 0 Å². The summed E-state index contributed by atoms with van der Waals surface area (Å²) in [7, 11) is 1.11. The Morgan fingerprint density at radius 2 is 2.00 bits per heavy atom. The number of anilines is 1. The maximum atomic E-state index is 14.6. The first kappa shape index (κ1) is 24.3. The van der Waals surface area contributed by atoms with E-state index < -0.39 is 35.4 Å². The monoisotopic (exact) mass is 487 g/mol. The van der Waals surface area contributed by atoms with Gasteiger partial charge in [0.2, 0.25) is 11.8 Å². The number of nitriles is 1. The molecule has 0 spiro atoms. The van der Waals surface area contributed by atoms with Gasteiger partial charge in [-0.1, -0.05) is 47.6 Å². The van der Waals surface area contributed by atoms with Gasteiger partial charge in [0.25, 0.3) is 0 Å². The van der Waals surface area contributed by atoms with Crippen molar-refractivity contribution in [1.82, 2.24) is 5.32 Å². The van der Waals surface area contributed by atoms with E-state index >= 15 is 0 Å². The Labute approximate surface area is 198 Å². The van der Waals surface area contributed by atoms with E-state index in [4.69, 9.17) is 16.3 Å². The van der Waals surface area contributed by atoms with Gasteiger partial charge < -0.3 is 15.4 Å². The van der Waals surface area contributed by atoms with Crippen LogP contribution in [0.3, 0.4) is 0 Å². The predicted molar refractivity (Wildman–Crippen MR) is 123 cm³/mol. The van der Waals surface area contributed by atoms with Gasteiger partial charge >= 0.3 is 5.97 Å². The molecule has 2 atom stereocenters. The zero-order valence-electron chi connectivity index (χ0n) is 17.6. The van der Waals surface area contributed by atoms with Crippen molar-refractivity contribution in [2.75, 3.05) is 18.2 Å². The third-order valence-corrected chi connectivity index (χ3v) is 6.54. The minimum Gasteiger partial charge on any atom is -0.468 e. The second-order valence-corrected chi connectivity index (χ2v) is 8.49. The van der Waals surface area contributed by atoms with Crippen molar-refractivity contribution in [3.63, 3.8) is 0 Å². The van der Waals surface area contributed by atoms with Crippen molar-refractivity contribution < 1.29 is 23.5 Å². The molecule has 1 aliphatic heterocycles. The standard InChI is InChI=1S/C23H19ClFN3O4S/c1-12-15(24)7-5-9-17(12)27-18(29)11-33-22-14(10-26)19(13-6-3-4-8-16(13)25)20(21(30)28-22)23(31)32-2/h3-9,19-20H,11H2,1-2H3,(H,27,29)(H,28,30). The number of rotatable bonds is 6. The number of benzene rings is 2. The largest absolute Gasteiger partial charge is 0.468 e. The molecule has 3 rings (SSSR count). The van der Waals surface area contributed by atoms with Crippen LogP contribution in [-0.2, 0) is 19.1 Å². The lowest BCUT2D eigenvalue weighted by atomic mass is 9.78. The van der Waals surface area contributed by atoms with Gasteiger partial charge in [-0.25, -0.2) is 4.39 Å². The Morgan fingerprint density at radius 1 is 1.27 bits per heavy atom. The molecule has 1 heterocycles. The van der Waals surface area contributed by atoms with Crippen LogP contribution in [-0.4, -0.2) is 30.6 Å². The highest BCUT2D eigenvalue weighted by Gasteiger charge is 2.45. The molecule has 7 nitrogen and oxygen atoms in total. The number of nitrogens with zero attached hydrogens (tertiary/aromatic N) is 1. The molecule has 0 saturated carbocycles. The maximum Gasteiger partial charge on any atom is 0.319 e. The lowest BCUT2D eigenvalue weighted by Gasteiger charge is -2.31. The van der Waals surface area contributed by atoms with E-state index in [1.54, 1.807) is 31.2 Å². The van der Waals surface area contributed by atoms with Crippen LogP contribution in [0, 0.1) is 30.0 Å². The lowest BCUT2D eigenvalue weighted by Crippen LogP contribution is -2.44. The minimum atomic E-state index is -1.45. The molecule has 33 heavy (non-hydrogen) atoms. The lowest BCUT2D eigenvalue weighted by molar-refractivity contribution is -0.150. The van der Waals surface area contributed by atoms with Crippen molar-refractivity contribution in [3.8, 4) is 6.07 Å². The average Bonchev–Trinajstić information content (AvgIpc) is 2.80. The Balaban J connectivity index is 1.91. The topological polar surface area (TPSA) is 108 Å². The number of thioether (sulfide) groups is 1. The van der Waals surface area contributed by atoms with Crippen molar-refractivity contribution in [1.29, 1.82) is 5.26 Å². The van der Waals surface area contributed by atoms with Crippen LogP contribution < -0.4 is 10.6 Å². The second kappa shape index (κ2) is 10.5. The molecular formula is C23H19ClFN3O4S. The summed E-state index contributed by atoms with van der Waals surface area (Å²) < 4.78 is 19.3. The van der Waals surface area contributed by atoms with Crippen LogP contribution in [0.1, 0.15) is 17.0 Å². The van der Waals surface area contributed by atoms with E-state index in [9.17, 15) is 24.0 Å². The van der Waals surface area contributed by atoms with Gasteiger partial charge in [-0.3, -0.25) is 14.4 Å². The van der Waals surface area contributed by atoms with Crippen LogP contribution in [0.2, 0.25) is 5.02 Å². The number of carbonyl (C=O) groups is 3. The fraction of sp³-hybridized carbons (Fsp3) is 0.217. The molecule has 170 valence electrons. The number of hydrogen-bond donors (Lipinski definition) is 2. The Morgan fingerprint density at radius 3 is 2.67 bits per heavy atom. The summed E-state index contributed by atoms with van der Waals surface area (Å²) >= 11 is 6.97. The second-order valence-electron chi connectivity index (χ2n) is 7.09. The molecule has 2 N–H and O–H groups in total. The number of methoxy groups -OCH3 is 1. The molecule has 0 fully saturated rings. The predicted octanol–water partition coefficient (Wildman–Crippen LogP) is 3.90. The van der Waals surface area contributed by atoms with Crippen LogP contribution in [0.4, 0.5) is 10.1 Å². The summed E-state index contributed by atoms with van der Waals surface area (Å²) in [6.07, 6.45) is 0. The number of allylic oxidation sites excluding steroid dienone is 1. The first-order chi connectivity index (χ1) is 15.8. The minimum absolute atomic E-state index is 0.0106. The number of ether oxygens (including phenoxy) is 1. The number of nitrogens with one attached hydrogen (secondary N) is 2. The fourth-order valence-corrected chi connectivity index (χ4v) is 4.47. The van der Waals surface area contributed by atoms with Gasteiger partial charge in [0.05, 0.1) is 29.5 Å². The van der Waals surface area contributed by atoms with Gasteiger partial charge in [0, 0.05) is 16.6 Å². The number of carbonyl (C=O) groups excluding carboxylic acids is 3. The van der Waals surface area contributed by atoms with E-state index in [0.717, 1.165) is 18.9 Å². The molecule has 2 aromatic rings. The van der Waals surface area contributed by atoms with Crippen molar-refractivity contribution in [2.45, 2.75) is 12.8 Å². The van der Waals surface area contributed by atoms with E-state index in [0.29, 0.717) is 16.3 Å². The zero-order chi connectivity index (χ0) is 24.1. The molecule has 2 aromatic carbocycles. The number of halogens is 2. The van der Waals surface area contributed by atoms with E-state index in [-0.39, 0.29) is 21.9 Å². The summed E-state index contributed by atoms with van der Waals surface area (Å²) in [5.74, 6) is -5.51. The van der Waals surface area contributed by atoms with E-state index in [1.165, 1.54) is 18.2 Å². The molecule has 0 saturated heterocycles. The number of esters is 1. The molecule has 2 unspecified atom stereocenters. The van der Waals surface area contributed by atoms with Gasteiger partial charge in [-0.15, -0.1) is 0 Å². The summed E-state index contributed by atoms with van der Waals surface area (Å²) in [6.45, 7) is 1.76. The Hall–Kier alpha value is -3.35. The molecule has 0 aliphatic carbocycles. The van der Waals surface area contributed by atoms with Crippen LogP contribution in [0.15, 0.2) is 53.1 Å². The van der Waals surface area contributed by atoms with Gasteiger partial charge in [0.15, 0.2) is 0 Å². The molecule has 10 heteroatoms. The summed E-state index contributed by atoms with van der Waals surface area (Å²) in [6, 6.07) is 12.6. The Kier molecular flexibility index (Phi) is 7.74. The fourth-order valence-electron chi connectivity index (χ4n) is 3.45. The zero-order valence-corrected chi connectivity index (χ0v) is 19.2. The summed E-state index contributed by atoms with van der Waals surface area (Å²) in [4.78, 5) is 37.6. The highest BCUT2D eigenvalue weighted by molar-refractivity contribution is 8.03. The van der Waals surface area contributed by atoms with Crippen LogP contribution >= 0.6 is 23.4 Å². The first-order valence-corrected chi connectivity index (χ1v) is 11.1. The van der Waals surface area contributed by atoms with Crippen LogP contribution in [0.25, 0.3) is 0 Å². The average molecular weight is 488 g/mol. The van der Waals surface area contributed by atoms with Crippen molar-refractivity contribution in [3.05, 3.63) is 75.0 Å². The number of hydrogen-bond acceptors (Lipinski definition) is 6. The van der Waals surface area contributed by atoms with Crippen molar-refractivity contribution in [2.24, 2.45) is 5.92 Å². The third kappa shape index (κ3) is 5.18. The molecule has 2 amide bonds. The quantitative estimate of drug-likeness (QED) is 0.472. The van der Waals surface area contributed by atoms with E-state index in [1.807, 2.05) is 6.07 Å². The molecule has 0 aromatic heterocycles. The molecule has 1 aliphatic rings. The normalized spacial score (nSPS) is 17.7. The summed E-state index contributed by atoms with van der Waals surface area (Å²) in [5.41, 5.74) is 1.20. The smallest absolute Gasteiger partial charge is 0.319 e. The SMILES string of the molecule is COC(=O)C1C(=O)NC(SCC(=O)Nc2cccc(Cl)c2C)=C(C#N)C1c1ccccc1F. The van der Waals surface area contributed by atoms with E-state index in [2.05, 4.69) is 10.6 Å². The number of amides is 2. The van der Waals surface area contributed by atoms with Crippen molar-refractivity contribution >= 4 is 46.8 Å². The Bertz CT molecular complexity index is 1190. The molecule has 0 bridgehead atoms. The van der Waals surface area contributed by atoms with Gasteiger partial charge in [-0.05, 0) is 36.2 Å².